The fourth-order valence-corrected chi connectivity index (χ4v) is 1.45. The molecule has 0 aromatic carbocycles. The van der Waals surface area contributed by atoms with Crippen LogP contribution in [0.1, 0.15) is 27.2 Å². The molecule has 0 amide bonds. The average molecular weight is 165 g/mol. The van der Waals surface area contributed by atoms with E-state index in [0.717, 1.165) is 0 Å². The Morgan fingerprint density at radius 2 is 1.70 bits per heavy atom. The molecule has 0 fully saturated rings. The standard InChI is InChI=1S/C6H15NO2S/c1-5(2)4-6(3)10(7,8)9/h5-6H,4H2,1-3H3,(H2,7,8,9). The van der Waals surface area contributed by atoms with Crippen molar-refractivity contribution >= 4 is 10.0 Å². The second-order valence-electron chi connectivity index (χ2n) is 3.03. The molecule has 0 spiro atoms. The Morgan fingerprint density at radius 3 is 1.80 bits per heavy atom. The van der Waals surface area contributed by atoms with Gasteiger partial charge in [0.05, 0.1) is 5.25 Å². The summed E-state index contributed by atoms with van der Waals surface area (Å²) in [5, 5.41) is 4.49. The third kappa shape index (κ3) is 3.85. The third-order valence-electron chi connectivity index (χ3n) is 1.36. The van der Waals surface area contributed by atoms with Gasteiger partial charge in [0, 0.05) is 0 Å². The van der Waals surface area contributed by atoms with Crippen LogP contribution in [0.25, 0.3) is 0 Å². The fourth-order valence-electron chi connectivity index (χ4n) is 0.798. The lowest BCUT2D eigenvalue weighted by Crippen LogP contribution is -2.26. The van der Waals surface area contributed by atoms with Crippen molar-refractivity contribution in [1.82, 2.24) is 0 Å². The molecular weight excluding hydrogens is 150 g/mol. The zero-order chi connectivity index (χ0) is 8.36. The van der Waals surface area contributed by atoms with Gasteiger partial charge in [-0.1, -0.05) is 13.8 Å². The van der Waals surface area contributed by atoms with Gasteiger partial charge in [-0.15, -0.1) is 0 Å². The number of sulfonamides is 1. The Bertz CT molecular complexity index is 184. The smallest absolute Gasteiger partial charge is 0.211 e. The van der Waals surface area contributed by atoms with Gasteiger partial charge >= 0.3 is 0 Å². The molecule has 0 radical (unpaired) electrons. The molecule has 0 aliphatic rings. The summed E-state index contributed by atoms with van der Waals surface area (Å²) in [5.74, 6) is 0.383. The van der Waals surface area contributed by atoms with E-state index in [9.17, 15) is 8.42 Å². The highest BCUT2D eigenvalue weighted by atomic mass is 32.2. The lowest BCUT2D eigenvalue weighted by atomic mass is 10.1. The van der Waals surface area contributed by atoms with E-state index in [0.29, 0.717) is 12.3 Å². The van der Waals surface area contributed by atoms with E-state index in [4.69, 9.17) is 5.14 Å². The van der Waals surface area contributed by atoms with Crippen molar-refractivity contribution in [1.29, 1.82) is 0 Å². The molecular formula is C6H15NO2S. The molecule has 1 atom stereocenters. The van der Waals surface area contributed by atoms with E-state index in [2.05, 4.69) is 0 Å². The number of rotatable bonds is 3. The van der Waals surface area contributed by atoms with Crippen molar-refractivity contribution in [3.8, 4) is 0 Å². The summed E-state index contributed by atoms with van der Waals surface area (Å²) >= 11 is 0. The molecule has 1 unspecified atom stereocenters. The van der Waals surface area contributed by atoms with Crippen LogP contribution in [0.3, 0.4) is 0 Å². The third-order valence-corrected chi connectivity index (χ3v) is 2.68. The van der Waals surface area contributed by atoms with Gasteiger partial charge in [-0.25, -0.2) is 13.6 Å². The molecule has 10 heavy (non-hydrogen) atoms. The zero-order valence-electron chi connectivity index (χ0n) is 6.66. The van der Waals surface area contributed by atoms with Crippen molar-refractivity contribution in [2.45, 2.75) is 32.4 Å². The second-order valence-corrected chi connectivity index (χ2v) is 5.01. The maximum atomic E-state index is 10.6. The molecule has 0 aromatic rings. The highest BCUT2D eigenvalue weighted by Gasteiger charge is 2.15. The fraction of sp³-hybridized carbons (Fsp3) is 1.00. The van der Waals surface area contributed by atoms with Crippen molar-refractivity contribution in [3.05, 3.63) is 0 Å². The minimum Gasteiger partial charge on any atom is -0.228 e. The first kappa shape index (κ1) is 9.91. The van der Waals surface area contributed by atoms with Gasteiger partial charge in [-0.05, 0) is 19.3 Å². The predicted molar refractivity (Wildman–Crippen MR) is 42.0 cm³/mol. The van der Waals surface area contributed by atoms with Crippen LogP contribution in [-0.2, 0) is 10.0 Å². The lowest BCUT2D eigenvalue weighted by Gasteiger charge is -2.10. The van der Waals surface area contributed by atoms with Crippen LogP contribution in [-0.4, -0.2) is 13.7 Å². The number of primary sulfonamides is 1. The van der Waals surface area contributed by atoms with Gasteiger partial charge < -0.3 is 0 Å². The Balaban J connectivity index is 3.99. The van der Waals surface area contributed by atoms with Gasteiger partial charge in [0.2, 0.25) is 10.0 Å². The summed E-state index contributed by atoms with van der Waals surface area (Å²) in [6, 6.07) is 0. The summed E-state index contributed by atoms with van der Waals surface area (Å²) in [6.45, 7) is 5.58. The second kappa shape index (κ2) is 3.34. The summed E-state index contributed by atoms with van der Waals surface area (Å²) in [5.41, 5.74) is 0. The molecule has 0 aromatic heterocycles. The first-order valence-electron chi connectivity index (χ1n) is 3.35. The minimum absolute atomic E-state index is 0.383. The Kier molecular flexibility index (Phi) is 3.31. The molecule has 0 rings (SSSR count). The summed E-state index contributed by atoms with van der Waals surface area (Å²) in [6.07, 6.45) is 0.638. The van der Waals surface area contributed by atoms with E-state index < -0.39 is 15.3 Å². The van der Waals surface area contributed by atoms with Crippen molar-refractivity contribution < 1.29 is 8.42 Å². The Morgan fingerprint density at radius 1 is 1.30 bits per heavy atom. The van der Waals surface area contributed by atoms with Crippen LogP contribution < -0.4 is 5.14 Å². The highest BCUT2D eigenvalue weighted by Crippen LogP contribution is 2.08. The monoisotopic (exact) mass is 165 g/mol. The van der Waals surface area contributed by atoms with Crippen molar-refractivity contribution in [2.24, 2.45) is 11.1 Å². The molecule has 0 aliphatic carbocycles. The number of hydrogen-bond acceptors (Lipinski definition) is 2. The minimum atomic E-state index is -3.30. The van der Waals surface area contributed by atoms with Gasteiger partial charge in [0.25, 0.3) is 0 Å². The SMILES string of the molecule is CC(C)CC(C)S(N)(=O)=O. The summed E-state index contributed by atoms with van der Waals surface area (Å²) < 4.78 is 21.3. The predicted octanol–water partition coefficient (Wildman–Crippen LogP) is 0.710. The first-order chi connectivity index (χ1) is 4.34. The van der Waals surface area contributed by atoms with Crippen LogP contribution in [0.2, 0.25) is 0 Å². The Hall–Kier alpha value is -0.0900. The molecule has 0 bridgehead atoms. The summed E-state index contributed by atoms with van der Waals surface area (Å²) in [7, 11) is -3.30. The molecule has 0 saturated carbocycles. The molecule has 3 nitrogen and oxygen atoms in total. The van der Waals surface area contributed by atoms with E-state index >= 15 is 0 Å². The molecule has 62 valence electrons. The van der Waals surface area contributed by atoms with Crippen LogP contribution in [0.4, 0.5) is 0 Å². The number of hydrogen-bond donors (Lipinski definition) is 1. The lowest BCUT2D eigenvalue weighted by molar-refractivity contribution is 0.538. The van der Waals surface area contributed by atoms with Gasteiger partial charge in [-0.2, -0.15) is 0 Å². The van der Waals surface area contributed by atoms with Crippen LogP contribution >= 0.6 is 0 Å². The molecule has 2 N–H and O–H groups in total. The van der Waals surface area contributed by atoms with Gasteiger partial charge in [0.15, 0.2) is 0 Å². The zero-order valence-corrected chi connectivity index (χ0v) is 7.48. The normalized spacial score (nSPS) is 15.7. The quantitative estimate of drug-likeness (QED) is 0.669. The maximum absolute atomic E-state index is 10.6. The molecule has 0 aliphatic heterocycles. The van der Waals surface area contributed by atoms with E-state index in [1.165, 1.54) is 0 Å². The van der Waals surface area contributed by atoms with Gasteiger partial charge in [0.1, 0.15) is 0 Å². The van der Waals surface area contributed by atoms with Crippen molar-refractivity contribution in [3.63, 3.8) is 0 Å². The molecule has 0 heterocycles. The highest BCUT2D eigenvalue weighted by molar-refractivity contribution is 7.89. The van der Waals surface area contributed by atoms with E-state index in [-0.39, 0.29) is 0 Å². The van der Waals surface area contributed by atoms with Crippen LogP contribution in [0.15, 0.2) is 0 Å². The average Bonchev–Trinajstić information content (AvgIpc) is 1.60. The Labute approximate surface area is 62.7 Å². The maximum Gasteiger partial charge on any atom is 0.211 e. The number of nitrogens with two attached hydrogens (primary N) is 1. The van der Waals surface area contributed by atoms with E-state index in [1.807, 2.05) is 13.8 Å². The van der Waals surface area contributed by atoms with Crippen molar-refractivity contribution in [2.75, 3.05) is 0 Å². The van der Waals surface area contributed by atoms with Crippen LogP contribution in [0, 0.1) is 5.92 Å². The largest absolute Gasteiger partial charge is 0.228 e. The van der Waals surface area contributed by atoms with E-state index in [1.54, 1.807) is 6.92 Å². The molecule has 4 heteroatoms. The topological polar surface area (TPSA) is 60.2 Å². The van der Waals surface area contributed by atoms with Gasteiger partial charge in [-0.3, -0.25) is 0 Å². The first-order valence-corrected chi connectivity index (χ1v) is 4.96. The molecule has 0 saturated heterocycles. The van der Waals surface area contributed by atoms with Crippen LogP contribution in [0.5, 0.6) is 0 Å². The summed E-state index contributed by atoms with van der Waals surface area (Å²) in [4.78, 5) is 0.